The van der Waals surface area contributed by atoms with Crippen LogP contribution in [0.25, 0.3) is 0 Å². The Morgan fingerprint density at radius 3 is 2.10 bits per heavy atom. The summed E-state index contributed by atoms with van der Waals surface area (Å²) in [6, 6.07) is 0. The maximum Gasteiger partial charge on any atom is 0.331 e. The normalized spacial score (nSPS) is 12.5. The lowest BCUT2D eigenvalue weighted by Gasteiger charge is -2.28. The molecule has 0 heterocycles. The monoisotopic (exact) mass is 302 g/mol. The predicted octanol–water partition coefficient (Wildman–Crippen LogP) is 1.61. The first-order valence-electron chi connectivity index (χ1n) is 6.86. The van der Waals surface area contributed by atoms with Crippen LogP contribution in [0.5, 0.6) is 0 Å². The van der Waals surface area contributed by atoms with E-state index < -0.39 is 23.1 Å². The Labute approximate surface area is 126 Å². The van der Waals surface area contributed by atoms with Crippen LogP contribution in [0.1, 0.15) is 40.5 Å². The lowest BCUT2D eigenvalue weighted by molar-refractivity contribution is -0.153. The lowest BCUT2D eigenvalue weighted by Crippen LogP contribution is -2.32. The molecule has 0 saturated carbocycles. The van der Waals surface area contributed by atoms with Crippen LogP contribution in [-0.4, -0.2) is 48.6 Å². The molecular formula is C15H26O6. The first-order valence-corrected chi connectivity index (χ1v) is 6.86. The number of aliphatic hydroxyl groups excluding tert-OH is 1. The number of hydrogen-bond donors (Lipinski definition) is 1. The van der Waals surface area contributed by atoms with E-state index >= 15 is 0 Å². The fraction of sp³-hybridized carbons (Fsp3) is 0.733. The number of esters is 2. The average Bonchev–Trinajstić information content (AvgIpc) is 2.34. The molecular weight excluding hydrogens is 276 g/mol. The van der Waals surface area contributed by atoms with E-state index in [0.29, 0.717) is 19.4 Å². The highest BCUT2D eigenvalue weighted by Gasteiger charge is 2.24. The van der Waals surface area contributed by atoms with Gasteiger partial charge in [0.2, 0.25) is 0 Å². The van der Waals surface area contributed by atoms with Gasteiger partial charge in [0.1, 0.15) is 5.60 Å². The third-order valence-corrected chi connectivity index (χ3v) is 2.84. The Bertz CT molecular complexity index is 370. The van der Waals surface area contributed by atoms with Crippen molar-refractivity contribution in [1.29, 1.82) is 0 Å². The first-order chi connectivity index (χ1) is 9.62. The Balaban J connectivity index is 4.22. The lowest BCUT2D eigenvalue weighted by atomic mass is 10.0. The van der Waals surface area contributed by atoms with Crippen LogP contribution in [0.15, 0.2) is 12.2 Å². The summed E-state index contributed by atoms with van der Waals surface area (Å²) in [5.74, 6) is -1.22. The van der Waals surface area contributed by atoms with E-state index in [1.165, 1.54) is 7.11 Å². The standard InChI is InChI=1S/C15H26O6/c1-14(2,8-10-16)20-11-9-15(3,4)21-13(18)7-6-12(17)19-5/h6-7,16H,8-11H2,1-5H3/b7-6+. The molecule has 0 fully saturated rings. The van der Waals surface area contributed by atoms with Gasteiger partial charge < -0.3 is 19.3 Å². The van der Waals surface area contributed by atoms with Crippen molar-refractivity contribution in [2.45, 2.75) is 51.7 Å². The fourth-order valence-corrected chi connectivity index (χ4v) is 1.48. The SMILES string of the molecule is COC(=O)/C=C/C(=O)OC(C)(C)CCOC(C)(C)CCO. The van der Waals surface area contributed by atoms with Gasteiger partial charge in [-0.25, -0.2) is 9.59 Å². The molecule has 0 aliphatic heterocycles. The molecule has 0 atom stereocenters. The second-order valence-electron chi connectivity index (χ2n) is 5.87. The Morgan fingerprint density at radius 2 is 1.57 bits per heavy atom. The summed E-state index contributed by atoms with van der Waals surface area (Å²) in [5.41, 5.74) is -1.13. The number of ether oxygens (including phenoxy) is 3. The molecule has 0 rings (SSSR count). The number of carbonyl (C=O) groups excluding carboxylic acids is 2. The molecule has 0 aromatic carbocycles. The summed E-state index contributed by atoms with van der Waals surface area (Å²) in [4.78, 5) is 22.4. The molecule has 0 radical (unpaired) electrons. The second kappa shape index (κ2) is 8.79. The van der Waals surface area contributed by atoms with Gasteiger partial charge in [0.25, 0.3) is 0 Å². The highest BCUT2D eigenvalue weighted by atomic mass is 16.6. The number of rotatable bonds is 9. The largest absolute Gasteiger partial charge is 0.466 e. The van der Waals surface area contributed by atoms with E-state index in [0.717, 1.165) is 12.2 Å². The molecule has 0 bridgehead atoms. The zero-order valence-electron chi connectivity index (χ0n) is 13.5. The molecule has 0 aliphatic carbocycles. The van der Waals surface area contributed by atoms with Gasteiger partial charge in [-0.2, -0.15) is 0 Å². The third-order valence-electron chi connectivity index (χ3n) is 2.84. The Hall–Kier alpha value is -1.40. The Morgan fingerprint density at radius 1 is 1.00 bits per heavy atom. The molecule has 0 saturated heterocycles. The van der Waals surface area contributed by atoms with Crippen molar-refractivity contribution in [1.82, 2.24) is 0 Å². The Kier molecular flexibility index (Phi) is 8.21. The van der Waals surface area contributed by atoms with Crippen molar-refractivity contribution in [3.63, 3.8) is 0 Å². The zero-order valence-corrected chi connectivity index (χ0v) is 13.5. The summed E-state index contributed by atoms with van der Waals surface area (Å²) < 4.78 is 15.3. The van der Waals surface area contributed by atoms with E-state index in [2.05, 4.69) is 4.74 Å². The number of hydrogen-bond acceptors (Lipinski definition) is 6. The maximum absolute atomic E-state index is 11.6. The van der Waals surface area contributed by atoms with Gasteiger partial charge in [0.05, 0.1) is 19.3 Å². The van der Waals surface area contributed by atoms with Crippen LogP contribution in [-0.2, 0) is 23.8 Å². The summed E-state index contributed by atoms with van der Waals surface area (Å²) in [7, 11) is 1.23. The highest BCUT2D eigenvalue weighted by molar-refractivity contribution is 5.91. The van der Waals surface area contributed by atoms with Gasteiger partial charge in [-0.1, -0.05) is 0 Å². The minimum Gasteiger partial charge on any atom is -0.466 e. The zero-order chi connectivity index (χ0) is 16.5. The minimum absolute atomic E-state index is 0.0592. The van der Waals surface area contributed by atoms with Gasteiger partial charge in [0.15, 0.2) is 0 Å². The summed E-state index contributed by atoms with van der Waals surface area (Å²) >= 11 is 0. The van der Waals surface area contributed by atoms with E-state index in [4.69, 9.17) is 14.6 Å². The molecule has 0 aromatic rings. The number of carbonyl (C=O) groups is 2. The second-order valence-corrected chi connectivity index (χ2v) is 5.87. The van der Waals surface area contributed by atoms with Crippen LogP contribution in [0, 0.1) is 0 Å². The van der Waals surface area contributed by atoms with E-state index in [9.17, 15) is 9.59 Å². The predicted molar refractivity (Wildman–Crippen MR) is 77.7 cm³/mol. The topological polar surface area (TPSA) is 82.1 Å². The van der Waals surface area contributed by atoms with Gasteiger partial charge >= 0.3 is 11.9 Å². The van der Waals surface area contributed by atoms with E-state index in [-0.39, 0.29) is 6.61 Å². The summed E-state index contributed by atoms with van der Waals surface area (Å²) in [6.07, 6.45) is 3.08. The van der Waals surface area contributed by atoms with Crippen LogP contribution in [0.4, 0.5) is 0 Å². The smallest absolute Gasteiger partial charge is 0.331 e. The molecule has 1 N–H and O–H groups in total. The molecule has 0 spiro atoms. The molecule has 122 valence electrons. The highest BCUT2D eigenvalue weighted by Crippen LogP contribution is 2.19. The van der Waals surface area contributed by atoms with Gasteiger partial charge in [0, 0.05) is 25.2 Å². The van der Waals surface area contributed by atoms with Crippen molar-refractivity contribution < 1.29 is 28.9 Å². The van der Waals surface area contributed by atoms with Gasteiger partial charge in [-0.05, 0) is 34.1 Å². The molecule has 6 heteroatoms. The van der Waals surface area contributed by atoms with Crippen LogP contribution in [0.3, 0.4) is 0 Å². The minimum atomic E-state index is -0.715. The van der Waals surface area contributed by atoms with Crippen molar-refractivity contribution >= 4 is 11.9 Å². The quantitative estimate of drug-likeness (QED) is 0.514. The molecule has 6 nitrogen and oxygen atoms in total. The van der Waals surface area contributed by atoms with Crippen molar-refractivity contribution in [3.05, 3.63) is 12.2 Å². The summed E-state index contributed by atoms with van der Waals surface area (Å²) in [6.45, 7) is 7.76. The number of aliphatic hydroxyl groups is 1. The third kappa shape index (κ3) is 10.0. The first kappa shape index (κ1) is 19.6. The fourth-order valence-electron chi connectivity index (χ4n) is 1.48. The van der Waals surface area contributed by atoms with Crippen molar-refractivity contribution in [3.8, 4) is 0 Å². The molecule has 21 heavy (non-hydrogen) atoms. The maximum atomic E-state index is 11.6. The average molecular weight is 302 g/mol. The van der Waals surface area contributed by atoms with Crippen LogP contribution < -0.4 is 0 Å². The molecule has 0 amide bonds. The van der Waals surface area contributed by atoms with E-state index in [1.807, 2.05) is 13.8 Å². The number of methoxy groups -OCH3 is 1. The van der Waals surface area contributed by atoms with Gasteiger partial charge in [-0.15, -0.1) is 0 Å². The molecule has 0 aliphatic rings. The van der Waals surface area contributed by atoms with Crippen molar-refractivity contribution in [2.24, 2.45) is 0 Å². The summed E-state index contributed by atoms with van der Waals surface area (Å²) in [5, 5.41) is 8.91. The van der Waals surface area contributed by atoms with E-state index in [1.54, 1.807) is 13.8 Å². The van der Waals surface area contributed by atoms with Gasteiger partial charge in [-0.3, -0.25) is 0 Å². The van der Waals surface area contributed by atoms with Crippen molar-refractivity contribution in [2.75, 3.05) is 20.3 Å². The molecule has 0 aromatic heterocycles. The molecule has 0 unspecified atom stereocenters. The van der Waals surface area contributed by atoms with Crippen LogP contribution in [0.2, 0.25) is 0 Å². The van der Waals surface area contributed by atoms with Crippen LogP contribution >= 0.6 is 0 Å².